The molecule has 27 heavy (non-hydrogen) atoms. The van der Waals surface area contributed by atoms with Crippen molar-refractivity contribution < 1.29 is 14.0 Å². The molecule has 0 saturated carbocycles. The number of hydrogen-bond acceptors (Lipinski definition) is 7. The van der Waals surface area contributed by atoms with Gasteiger partial charge in [-0.05, 0) is 42.1 Å². The molecule has 0 aliphatic rings. The fourth-order valence-corrected chi connectivity index (χ4v) is 3.80. The van der Waals surface area contributed by atoms with Crippen molar-refractivity contribution in [3.05, 3.63) is 45.7 Å². The van der Waals surface area contributed by atoms with Gasteiger partial charge in [-0.1, -0.05) is 33.8 Å². The van der Waals surface area contributed by atoms with Crippen molar-refractivity contribution in [1.82, 2.24) is 15.5 Å². The third-order valence-electron chi connectivity index (χ3n) is 3.37. The van der Waals surface area contributed by atoms with Gasteiger partial charge in [-0.2, -0.15) is 0 Å². The summed E-state index contributed by atoms with van der Waals surface area (Å²) in [6.07, 6.45) is 0. The normalized spacial score (nSPS) is 10.6. The van der Waals surface area contributed by atoms with E-state index in [9.17, 15) is 9.59 Å². The highest BCUT2D eigenvalue weighted by atomic mass is 79.9. The van der Waals surface area contributed by atoms with E-state index in [1.165, 1.54) is 11.3 Å². The minimum absolute atomic E-state index is 0.0800. The Morgan fingerprint density at radius 1 is 1.26 bits per heavy atom. The molecule has 2 N–H and O–H groups in total. The lowest BCUT2D eigenvalue weighted by Crippen LogP contribution is -2.34. The predicted octanol–water partition coefficient (Wildman–Crippen LogP) is 3.72. The van der Waals surface area contributed by atoms with Crippen molar-refractivity contribution in [2.45, 2.75) is 12.1 Å². The molecular formula is C17H15BrN4O3S2. The molecule has 3 rings (SSSR count). The number of nitrogens with zero attached hydrogens (tertiary/aromatic N) is 2. The van der Waals surface area contributed by atoms with Crippen LogP contribution in [0.25, 0.3) is 10.8 Å². The van der Waals surface area contributed by atoms with Crippen molar-refractivity contribution in [2.24, 2.45) is 0 Å². The van der Waals surface area contributed by atoms with Crippen LogP contribution >= 0.6 is 39.0 Å². The van der Waals surface area contributed by atoms with Crippen LogP contribution in [0.5, 0.6) is 0 Å². The summed E-state index contributed by atoms with van der Waals surface area (Å²) < 4.78 is 6.43. The number of anilines is 1. The summed E-state index contributed by atoms with van der Waals surface area (Å²) in [5, 5.41) is 15.4. The van der Waals surface area contributed by atoms with Crippen molar-refractivity contribution in [3.8, 4) is 10.8 Å². The second kappa shape index (κ2) is 9.16. The third-order valence-corrected chi connectivity index (χ3v) is 5.54. The Labute approximate surface area is 172 Å². The maximum absolute atomic E-state index is 12.0. The predicted molar refractivity (Wildman–Crippen MR) is 109 cm³/mol. The average molecular weight is 467 g/mol. The van der Waals surface area contributed by atoms with E-state index in [1.807, 2.05) is 36.6 Å². The van der Waals surface area contributed by atoms with Gasteiger partial charge < -0.3 is 15.1 Å². The molecule has 0 atom stereocenters. The number of rotatable bonds is 7. The fraction of sp³-hybridized carbons (Fsp3) is 0.176. The van der Waals surface area contributed by atoms with Gasteiger partial charge in [0.05, 0.1) is 17.2 Å². The van der Waals surface area contributed by atoms with E-state index in [-0.39, 0.29) is 24.1 Å². The van der Waals surface area contributed by atoms with E-state index in [0.29, 0.717) is 16.8 Å². The quantitative estimate of drug-likeness (QED) is 0.515. The van der Waals surface area contributed by atoms with Crippen molar-refractivity contribution in [2.75, 3.05) is 17.6 Å². The van der Waals surface area contributed by atoms with Crippen LogP contribution in [0.2, 0.25) is 0 Å². The zero-order chi connectivity index (χ0) is 19.2. The Bertz CT molecular complexity index is 944. The van der Waals surface area contributed by atoms with E-state index in [1.54, 1.807) is 6.07 Å². The van der Waals surface area contributed by atoms with Crippen molar-refractivity contribution in [1.29, 1.82) is 0 Å². The van der Waals surface area contributed by atoms with E-state index < -0.39 is 0 Å². The van der Waals surface area contributed by atoms with Gasteiger partial charge in [0, 0.05) is 10.2 Å². The summed E-state index contributed by atoms with van der Waals surface area (Å²) >= 11 is 5.99. The monoisotopic (exact) mass is 466 g/mol. The first-order valence-corrected chi connectivity index (χ1v) is 10.5. The molecule has 140 valence electrons. The van der Waals surface area contributed by atoms with Crippen LogP contribution in [0.4, 0.5) is 5.69 Å². The Balaban J connectivity index is 1.42. The van der Waals surface area contributed by atoms with Crippen LogP contribution in [-0.4, -0.2) is 34.3 Å². The van der Waals surface area contributed by atoms with Crippen molar-refractivity contribution >= 4 is 56.5 Å². The van der Waals surface area contributed by atoms with Crippen LogP contribution in [0.3, 0.4) is 0 Å². The van der Waals surface area contributed by atoms with Gasteiger partial charge in [0.25, 0.3) is 11.1 Å². The second-order valence-corrected chi connectivity index (χ2v) is 8.21. The molecule has 0 aliphatic carbocycles. The lowest BCUT2D eigenvalue weighted by Gasteiger charge is -2.09. The number of benzene rings is 1. The molecule has 2 aromatic heterocycles. The van der Waals surface area contributed by atoms with E-state index in [2.05, 4.69) is 36.8 Å². The van der Waals surface area contributed by atoms with Crippen LogP contribution < -0.4 is 10.6 Å². The van der Waals surface area contributed by atoms with Gasteiger partial charge in [0.15, 0.2) is 0 Å². The van der Waals surface area contributed by atoms with Crippen LogP contribution in [-0.2, 0) is 9.59 Å². The Kier molecular flexibility index (Phi) is 6.64. The van der Waals surface area contributed by atoms with E-state index in [0.717, 1.165) is 26.7 Å². The Morgan fingerprint density at radius 2 is 2.11 bits per heavy atom. The average Bonchev–Trinajstić information content (AvgIpc) is 3.32. The molecule has 2 heterocycles. The molecule has 0 unspecified atom stereocenters. The van der Waals surface area contributed by atoms with E-state index in [4.69, 9.17) is 4.42 Å². The Hall–Kier alpha value is -2.17. The molecule has 1 aromatic carbocycles. The first kappa shape index (κ1) is 19.6. The molecule has 0 spiro atoms. The zero-order valence-corrected chi connectivity index (χ0v) is 17.4. The smallest absolute Gasteiger partial charge is 0.277 e. The number of hydrogen-bond donors (Lipinski definition) is 2. The lowest BCUT2D eigenvalue weighted by molar-refractivity contribution is -0.122. The number of nitrogens with one attached hydrogen (secondary N) is 2. The SMILES string of the molecule is Cc1cc(Br)ccc1NC(=O)CNC(=O)CSc1nnc(-c2cccs2)o1. The van der Waals surface area contributed by atoms with Gasteiger partial charge >= 0.3 is 0 Å². The molecular weight excluding hydrogens is 452 g/mol. The van der Waals surface area contributed by atoms with Gasteiger partial charge in [-0.3, -0.25) is 9.59 Å². The maximum atomic E-state index is 12.0. The van der Waals surface area contributed by atoms with Crippen molar-refractivity contribution in [3.63, 3.8) is 0 Å². The number of thiophene rings is 1. The number of aryl methyl sites for hydroxylation is 1. The highest BCUT2D eigenvalue weighted by Crippen LogP contribution is 2.26. The number of thioether (sulfide) groups is 1. The summed E-state index contributed by atoms with van der Waals surface area (Å²) in [7, 11) is 0. The highest BCUT2D eigenvalue weighted by Gasteiger charge is 2.13. The number of carbonyl (C=O) groups excluding carboxylic acids is 2. The van der Waals surface area contributed by atoms with E-state index >= 15 is 0 Å². The minimum atomic E-state index is -0.295. The molecule has 7 nitrogen and oxygen atoms in total. The summed E-state index contributed by atoms with van der Waals surface area (Å²) in [6.45, 7) is 1.78. The topological polar surface area (TPSA) is 97.1 Å². The maximum Gasteiger partial charge on any atom is 0.277 e. The molecule has 0 aliphatic heterocycles. The molecule has 10 heteroatoms. The molecule has 0 bridgehead atoms. The van der Waals surface area contributed by atoms with Crippen LogP contribution in [0, 0.1) is 6.92 Å². The summed E-state index contributed by atoms with van der Waals surface area (Å²) in [5.74, 6) is -0.0799. The molecule has 0 radical (unpaired) electrons. The zero-order valence-electron chi connectivity index (χ0n) is 14.2. The number of halogens is 1. The molecule has 0 saturated heterocycles. The van der Waals surface area contributed by atoms with Gasteiger partial charge in [0.2, 0.25) is 11.8 Å². The van der Waals surface area contributed by atoms with Crippen LogP contribution in [0.15, 0.2) is 49.8 Å². The van der Waals surface area contributed by atoms with Gasteiger partial charge in [0.1, 0.15) is 0 Å². The summed E-state index contributed by atoms with van der Waals surface area (Å²) in [6, 6.07) is 9.32. The number of amides is 2. The standard InChI is InChI=1S/C17H15BrN4O3S2/c1-10-7-11(18)4-5-12(10)20-14(23)8-19-15(24)9-27-17-22-21-16(25-17)13-3-2-6-26-13/h2-7H,8-9H2,1H3,(H,19,24)(H,20,23). The lowest BCUT2D eigenvalue weighted by atomic mass is 10.2. The van der Waals surface area contributed by atoms with Gasteiger partial charge in [-0.15, -0.1) is 21.5 Å². The largest absolute Gasteiger partial charge is 0.410 e. The first-order valence-electron chi connectivity index (χ1n) is 7.84. The molecule has 2 amide bonds. The van der Waals surface area contributed by atoms with Crippen LogP contribution in [0.1, 0.15) is 5.56 Å². The second-order valence-electron chi connectivity index (χ2n) is 5.42. The number of carbonyl (C=O) groups is 2. The summed E-state index contributed by atoms with van der Waals surface area (Å²) in [5.41, 5.74) is 1.64. The molecule has 0 fully saturated rings. The first-order chi connectivity index (χ1) is 13.0. The summed E-state index contributed by atoms with van der Waals surface area (Å²) in [4.78, 5) is 24.8. The third kappa shape index (κ3) is 5.65. The molecule has 3 aromatic rings. The minimum Gasteiger partial charge on any atom is -0.410 e. The fourth-order valence-electron chi connectivity index (χ4n) is 2.09. The number of aromatic nitrogens is 2. The Morgan fingerprint density at radius 3 is 2.85 bits per heavy atom. The highest BCUT2D eigenvalue weighted by molar-refractivity contribution is 9.10. The van der Waals surface area contributed by atoms with Gasteiger partial charge in [-0.25, -0.2) is 0 Å².